The van der Waals surface area contributed by atoms with Crippen LogP contribution in [0.5, 0.6) is 0 Å². The largest absolute Gasteiger partial charge is 0.328 e. The molecule has 0 aromatic heterocycles. The van der Waals surface area contributed by atoms with Crippen molar-refractivity contribution in [3.8, 4) is 0 Å². The number of likely N-dealkylation sites (tertiary alicyclic amines) is 1. The highest BCUT2D eigenvalue weighted by Crippen LogP contribution is 2.39. The van der Waals surface area contributed by atoms with Crippen LogP contribution in [0, 0.1) is 11.8 Å². The number of piperidine rings is 1. The van der Waals surface area contributed by atoms with Crippen LogP contribution in [0.25, 0.3) is 0 Å². The molecular formula is C12H20N2O2. The lowest BCUT2D eigenvalue weighted by molar-refractivity contribution is -0.155. The Labute approximate surface area is 96.2 Å². The van der Waals surface area contributed by atoms with Gasteiger partial charge in [-0.15, -0.1) is 0 Å². The molecule has 1 aliphatic carbocycles. The van der Waals surface area contributed by atoms with Crippen molar-refractivity contribution in [2.45, 2.75) is 45.1 Å². The molecule has 2 aliphatic rings. The summed E-state index contributed by atoms with van der Waals surface area (Å²) in [6, 6.07) is -0.0756. The van der Waals surface area contributed by atoms with Gasteiger partial charge in [-0.2, -0.15) is 0 Å². The molecule has 16 heavy (non-hydrogen) atoms. The average Bonchev–Trinajstić information content (AvgIpc) is 2.72. The van der Waals surface area contributed by atoms with E-state index in [1.807, 2.05) is 0 Å². The van der Waals surface area contributed by atoms with Gasteiger partial charge >= 0.3 is 0 Å². The topological polar surface area (TPSA) is 63.4 Å². The zero-order valence-electron chi connectivity index (χ0n) is 9.82. The Hall–Kier alpha value is -0.900. The summed E-state index contributed by atoms with van der Waals surface area (Å²) >= 11 is 0. The van der Waals surface area contributed by atoms with Crippen LogP contribution in [0.2, 0.25) is 0 Å². The summed E-state index contributed by atoms with van der Waals surface area (Å²) in [5, 5.41) is 0. The first kappa shape index (κ1) is 11.6. The minimum absolute atomic E-state index is 0.0302. The van der Waals surface area contributed by atoms with Gasteiger partial charge in [-0.1, -0.05) is 13.3 Å². The molecule has 0 aromatic carbocycles. The van der Waals surface area contributed by atoms with Crippen molar-refractivity contribution in [1.82, 2.24) is 4.90 Å². The second-order valence-corrected chi connectivity index (χ2v) is 4.93. The van der Waals surface area contributed by atoms with Gasteiger partial charge in [0.2, 0.25) is 11.8 Å². The maximum atomic E-state index is 12.1. The van der Waals surface area contributed by atoms with Crippen LogP contribution < -0.4 is 5.73 Å². The molecule has 2 amide bonds. The molecule has 0 spiro atoms. The van der Waals surface area contributed by atoms with Crippen molar-refractivity contribution in [2.75, 3.05) is 6.54 Å². The number of amides is 2. The molecule has 2 rings (SSSR count). The molecule has 3 atom stereocenters. The summed E-state index contributed by atoms with van der Waals surface area (Å²) in [4.78, 5) is 25.7. The smallest absolute Gasteiger partial charge is 0.232 e. The van der Waals surface area contributed by atoms with Crippen LogP contribution in [0.1, 0.15) is 39.0 Å². The Morgan fingerprint density at radius 3 is 2.31 bits per heavy atom. The van der Waals surface area contributed by atoms with Gasteiger partial charge in [0.15, 0.2) is 0 Å². The highest BCUT2D eigenvalue weighted by Gasteiger charge is 2.46. The van der Waals surface area contributed by atoms with E-state index in [2.05, 4.69) is 6.92 Å². The van der Waals surface area contributed by atoms with Crippen LogP contribution in [0.4, 0.5) is 0 Å². The van der Waals surface area contributed by atoms with E-state index in [0.717, 1.165) is 32.1 Å². The quantitative estimate of drug-likeness (QED) is 0.722. The number of nitrogens with two attached hydrogens (primary N) is 1. The van der Waals surface area contributed by atoms with Crippen molar-refractivity contribution >= 4 is 11.8 Å². The van der Waals surface area contributed by atoms with Gasteiger partial charge in [0.25, 0.3) is 0 Å². The number of carbonyl (C=O) groups is 2. The van der Waals surface area contributed by atoms with Crippen molar-refractivity contribution in [2.24, 2.45) is 17.6 Å². The molecule has 1 saturated carbocycles. The Balaban J connectivity index is 2.18. The first-order valence-corrected chi connectivity index (χ1v) is 6.26. The highest BCUT2D eigenvalue weighted by atomic mass is 16.2. The number of hydrogen-bond donors (Lipinski definition) is 1. The minimum atomic E-state index is -0.0756. The SMILES string of the molecule is CCCC(CN)N1C(=O)C2CCC(C2)C1=O. The molecule has 2 fully saturated rings. The first-order chi connectivity index (χ1) is 7.69. The fourth-order valence-corrected chi connectivity index (χ4v) is 2.98. The lowest BCUT2D eigenvalue weighted by atomic mass is 9.94. The van der Waals surface area contributed by atoms with E-state index < -0.39 is 0 Å². The summed E-state index contributed by atoms with van der Waals surface area (Å²) in [6.07, 6.45) is 4.32. The van der Waals surface area contributed by atoms with Crippen LogP contribution in [-0.2, 0) is 9.59 Å². The van der Waals surface area contributed by atoms with Gasteiger partial charge in [-0.25, -0.2) is 0 Å². The molecule has 90 valence electrons. The van der Waals surface area contributed by atoms with Gasteiger partial charge in [-0.05, 0) is 25.7 Å². The molecule has 0 aromatic rings. The van der Waals surface area contributed by atoms with Gasteiger partial charge in [0.1, 0.15) is 0 Å². The summed E-state index contributed by atoms with van der Waals surface area (Å²) < 4.78 is 0. The minimum Gasteiger partial charge on any atom is -0.328 e. The van der Waals surface area contributed by atoms with Gasteiger partial charge < -0.3 is 5.73 Å². The van der Waals surface area contributed by atoms with E-state index in [1.54, 1.807) is 0 Å². The van der Waals surface area contributed by atoms with Gasteiger partial charge in [0, 0.05) is 18.4 Å². The van der Waals surface area contributed by atoms with Crippen molar-refractivity contribution < 1.29 is 9.59 Å². The Kier molecular flexibility index (Phi) is 3.28. The van der Waals surface area contributed by atoms with E-state index >= 15 is 0 Å². The lowest BCUT2D eigenvalue weighted by Gasteiger charge is -2.35. The Morgan fingerprint density at radius 1 is 1.31 bits per heavy atom. The van der Waals surface area contributed by atoms with E-state index in [9.17, 15) is 9.59 Å². The van der Waals surface area contributed by atoms with Gasteiger partial charge in [-0.3, -0.25) is 14.5 Å². The molecule has 4 heteroatoms. The number of rotatable bonds is 4. The second kappa shape index (κ2) is 4.53. The third-order valence-corrected chi connectivity index (χ3v) is 3.87. The van der Waals surface area contributed by atoms with Crippen LogP contribution in [0.15, 0.2) is 0 Å². The lowest BCUT2D eigenvalue weighted by Crippen LogP contribution is -2.53. The van der Waals surface area contributed by atoms with Gasteiger partial charge in [0.05, 0.1) is 6.04 Å². The molecular weight excluding hydrogens is 204 g/mol. The maximum Gasteiger partial charge on any atom is 0.232 e. The van der Waals surface area contributed by atoms with E-state index in [-0.39, 0.29) is 29.7 Å². The van der Waals surface area contributed by atoms with Crippen LogP contribution >= 0.6 is 0 Å². The molecule has 2 bridgehead atoms. The summed E-state index contributed by atoms with van der Waals surface area (Å²) in [5.41, 5.74) is 5.68. The van der Waals surface area contributed by atoms with Crippen LogP contribution in [0.3, 0.4) is 0 Å². The highest BCUT2D eigenvalue weighted by molar-refractivity contribution is 6.01. The molecule has 2 N–H and O–H groups in total. The predicted octanol–water partition coefficient (Wildman–Crippen LogP) is 0.899. The molecule has 1 aliphatic heterocycles. The summed E-state index contributed by atoms with van der Waals surface area (Å²) in [7, 11) is 0. The number of nitrogens with zero attached hydrogens (tertiary/aromatic N) is 1. The van der Waals surface area contributed by atoms with Crippen molar-refractivity contribution in [3.63, 3.8) is 0 Å². The zero-order valence-corrected chi connectivity index (χ0v) is 9.82. The normalized spacial score (nSPS) is 31.0. The second-order valence-electron chi connectivity index (χ2n) is 4.93. The third kappa shape index (κ3) is 1.75. The number of imide groups is 1. The number of carbonyl (C=O) groups excluding carboxylic acids is 2. The van der Waals surface area contributed by atoms with E-state index in [0.29, 0.717) is 6.54 Å². The molecule has 1 heterocycles. The molecule has 4 nitrogen and oxygen atoms in total. The van der Waals surface area contributed by atoms with Crippen molar-refractivity contribution in [3.05, 3.63) is 0 Å². The predicted molar refractivity (Wildman–Crippen MR) is 60.4 cm³/mol. The fourth-order valence-electron chi connectivity index (χ4n) is 2.98. The standard InChI is InChI=1S/C12H20N2O2/c1-2-3-10(7-13)14-11(15)8-4-5-9(6-8)12(14)16/h8-10H,2-7,13H2,1H3. The fraction of sp³-hybridized carbons (Fsp3) is 0.833. The molecule has 1 saturated heterocycles. The maximum absolute atomic E-state index is 12.1. The molecule has 3 unspecified atom stereocenters. The van der Waals surface area contributed by atoms with Crippen molar-refractivity contribution in [1.29, 1.82) is 0 Å². The monoisotopic (exact) mass is 224 g/mol. The number of fused-ring (bicyclic) bond motifs is 2. The number of hydrogen-bond acceptors (Lipinski definition) is 3. The Morgan fingerprint density at radius 2 is 1.88 bits per heavy atom. The Bertz CT molecular complexity index is 281. The first-order valence-electron chi connectivity index (χ1n) is 6.26. The summed E-state index contributed by atoms with van der Waals surface area (Å²) in [6.45, 7) is 2.45. The van der Waals surface area contributed by atoms with E-state index in [1.165, 1.54) is 4.90 Å². The van der Waals surface area contributed by atoms with Crippen LogP contribution in [-0.4, -0.2) is 29.3 Å². The third-order valence-electron chi connectivity index (χ3n) is 3.87. The average molecular weight is 224 g/mol. The van der Waals surface area contributed by atoms with E-state index in [4.69, 9.17) is 5.73 Å². The summed E-state index contributed by atoms with van der Waals surface area (Å²) in [5.74, 6) is 0.243. The zero-order chi connectivity index (χ0) is 11.7. The molecule has 0 radical (unpaired) electrons.